The summed E-state index contributed by atoms with van der Waals surface area (Å²) in [4.78, 5) is 30.0. The van der Waals surface area contributed by atoms with E-state index in [9.17, 15) is 9.59 Å². The summed E-state index contributed by atoms with van der Waals surface area (Å²) in [6.07, 6.45) is 0.175. The van der Waals surface area contributed by atoms with Crippen LogP contribution in [-0.4, -0.2) is 49.6 Å². The van der Waals surface area contributed by atoms with Gasteiger partial charge in [0.1, 0.15) is 18.0 Å². The van der Waals surface area contributed by atoms with Gasteiger partial charge in [0.15, 0.2) is 0 Å². The number of carbonyl (C=O) groups excluding carboxylic acids is 2. The van der Waals surface area contributed by atoms with Gasteiger partial charge in [0, 0.05) is 29.2 Å². The smallest absolute Gasteiger partial charge is 0.325 e. The maximum absolute atomic E-state index is 13.2. The number of carbonyl (C=O) groups is 2. The summed E-state index contributed by atoms with van der Waals surface area (Å²) in [5.74, 6) is 0.577. The zero-order valence-corrected chi connectivity index (χ0v) is 17.7. The summed E-state index contributed by atoms with van der Waals surface area (Å²) < 4.78 is 15.4. The molecule has 1 heterocycles. The molecule has 1 aromatic heterocycles. The first kappa shape index (κ1) is 21.2. The van der Waals surface area contributed by atoms with Gasteiger partial charge in [0.25, 0.3) is 0 Å². The molecule has 0 saturated heterocycles. The second kappa shape index (κ2) is 9.35. The fourth-order valence-corrected chi connectivity index (χ4v) is 3.46. The number of H-pyrrole nitrogens is 1. The number of para-hydroxylation sites is 1. The molecular weight excluding hydrogens is 384 g/mol. The van der Waals surface area contributed by atoms with Crippen molar-refractivity contribution in [3.8, 4) is 11.5 Å². The molecule has 0 radical (unpaired) electrons. The highest BCUT2D eigenvalue weighted by Gasteiger charge is 2.21. The van der Waals surface area contributed by atoms with E-state index in [-0.39, 0.29) is 25.4 Å². The van der Waals surface area contributed by atoms with Gasteiger partial charge in [-0.05, 0) is 36.2 Å². The number of aromatic nitrogens is 1. The highest BCUT2D eigenvalue weighted by molar-refractivity contribution is 5.91. The molecular formula is C23H26N2O5. The molecule has 158 valence electrons. The van der Waals surface area contributed by atoms with Crippen LogP contribution in [0.25, 0.3) is 10.9 Å². The number of aryl methyl sites for hydroxylation is 1. The lowest BCUT2D eigenvalue weighted by Gasteiger charge is -2.22. The molecule has 0 bridgehead atoms. The van der Waals surface area contributed by atoms with Crippen molar-refractivity contribution in [2.75, 3.05) is 27.9 Å². The van der Waals surface area contributed by atoms with Crippen molar-refractivity contribution < 1.29 is 23.8 Å². The number of hydrogen-bond donors (Lipinski definition) is 1. The number of ether oxygens (including phenoxy) is 3. The van der Waals surface area contributed by atoms with Crippen LogP contribution in [0.5, 0.6) is 11.5 Å². The molecule has 0 aliphatic carbocycles. The SMILES string of the molecule is COC(=O)CN(Cc1cc(OC)cc(OC)c1)C(=O)Cc1c(C)[nH]c2ccccc12. The summed E-state index contributed by atoms with van der Waals surface area (Å²) in [5, 5.41) is 1.00. The Labute approximate surface area is 175 Å². The first-order chi connectivity index (χ1) is 14.4. The van der Waals surface area contributed by atoms with Gasteiger partial charge in [-0.3, -0.25) is 9.59 Å². The van der Waals surface area contributed by atoms with Crippen LogP contribution < -0.4 is 9.47 Å². The van der Waals surface area contributed by atoms with Gasteiger partial charge in [0.05, 0.1) is 27.8 Å². The van der Waals surface area contributed by atoms with Crippen LogP contribution in [-0.2, 0) is 27.3 Å². The van der Waals surface area contributed by atoms with Crippen molar-refractivity contribution in [3.63, 3.8) is 0 Å². The average Bonchev–Trinajstić information content (AvgIpc) is 3.07. The molecule has 3 aromatic rings. The fraction of sp³-hybridized carbons (Fsp3) is 0.304. The van der Waals surface area contributed by atoms with Gasteiger partial charge >= 0.3 is 5.97 Å². The second-order valence-electron chi connectivity index (χ2n) is 7.00. The van der Waals surface area contributed by atoms with Crippen molar-refractivity contribution in [3.05, 3.63) is 59.3 Å². The second-order valence-corrected chi connectivity index (χ2v) is 7.00. The summed E-state index contributed by atoms with van der Waals surface area (Å²) in [5.41, 5.74) is 3.63. The van der Waals surface area contributed by atoms with Crippen LogP contribution in [0, 0.1) is 6.92 Å². The molecule has 30 heavy (non-hydrogen) atoms. The maximum Gasteiger partial charge on any atom is 0.325 e. The Balaban J connectivity index is 1.88. The van der Waals surface area contributed by atoms with E-state index in [2.05, 4.69) is 4.98 Å². The third-order valence-corrected chi connectivity index (χ3v) is 5.04. The normalized spacial score (nSPS) is 10.7. The van der Waals surface area contributed by atoms with E-state index in [0.29, 0.717) is 11.5 Å². The molecule has 0 aliphatic rings. The lowest BCUT2D eigenvalue weighted by atomic mass is 10.1. The van der Waals surface area contributed by atoms with E-state index in [1.54, 1.807) is 20.3 Å². The first-order valence-electron chi connectivity index (χ1n) is 9.58. The molecule has 7 heteroatoms. The van der Waals surface area contributed by atoms with Crippen molar-refractivity contribution in [1.29, 1.82) is 0 Å². The van der Waals surface area contributed by atoms with Crippen LogP contribution in [0.2, 0.25) is 0 Å². The number of benzene rings is 2. The van der Waals surface area contributed by atoms with Crippen LogP contribution in [0.1, 0.15) is 16.8 Å². The van der Waals surface area contributed by atoms with Gasteiger partial charge in [-0.15, -0.1) is 0 Å². The molecule has 0 atom stereocenters. The summed E-state index contributed by atoms with van der Waals surface area (Å²) in [6, 6.07) is 13.2. The zero-order chi connectivity index (χ0) is 21.7. The highest BCUT2D eigenvalue weighted by atomic mass is 16.5. The Morgan fingerprint density at radius 1 is 1.00 bits per heavy atom. The lowest BCUT2D eigenvalue weighted by Crippen LogP contribution is -2.36. The van der Waals surface area contributed by atoms with Gasteiger partial charge in [-0.2, -0.15) is 0 Å². The number of esters is 1. The van der Waals surface area contributed by atoms with Crippen LogP contribution >= 0.6 is 0 Å². The Bertz CT molecular complexity index is 1030. The van der Waals surface area contributed by atoms with Crippen molar-refractivity contribution in [2.45, 2.75) is 19.9 Å². The number of methoxy groups -OCH3 is 3. The predicted octanol–water partition coefficient (Wildman–Crippen LogP) is 3.24. The number of amides is 1. The summed E-state index contributed by atoms with van der Waals surface area (Å²) in [7, 11) is 4.44. The Morgan fingerprint density at radius 2 is 1.67 bits per heavy atom. The molecule has 0 unspecified atom stereocenters. The topological polar surface area (TPSA) is 80.9 Å². The molecule has 1 N–H and O–H groups in total. The third-order valence-electron chi connectivity index (χ3n) is 5.04. The first-order valence-corrected chi connectivity index (χ1v) is 9.58. The van der Waals surface area contributed by atoms with E-state index >= 15 is 0 Å². The Hall–Kier alpha value is -3.48. The number of rotatable bonds is 8. The van der Waals surface area contributed by atoms with Gasteiger partial charge in [0.2, 0.25) is 5.91 Å². The van der Waals surface area contributed by atoms with Crippen molar-refractivity contribution >= 4 is 22.8 Å². The minimum Gasteiger partial charge on any atom is -0.497 e. The average molecular weight is 410 g/mol. The molecule has 2 aromatic carbocycles. The molecule has 7 nitrogen and oxygen atoms in total. The largest absolute Gasteiger partial charge is 0.497 e. The number of nitrogens with zero attached hydrogens (tertiary/aromatic N) is 1. The van der Waals surface area contributed by atoms with Crippen molar-refractivity contribution in [1.82, 2.24) is 9.88 Å². The molecule has 0 saturated carbocycles. The summed E-state index contributed by atoms with van der Waals surface area (Å²) >= 11 is 0. The van der Waals surface area contributed by atoms with Gasteiger partial charge in [-0.1, -0.05) is 18.2 Å². The van der Waals surface area contributed by atoms with E-state index in [1.165, 1.54) is 12.0 Å². The van der Waals surface area contributed by atoms with Crippen LogP contribution in [0.15, 0.2) is 42.5 Å². The molecule has 3 rings (SSSR count). The number of fused-ring (bicyclic) bond motifs is 1. The Morgan fingerprint density at radius 3 is 2.30 bits per heavy atom. The fourth-order valence-electron chi connectivity index (χ4n) is 3.46. The number of nitrogens with one attached hydrogen (secondary N) is 1. The third kappa shape index (κ3) is 4.74. The van der Waals surface area contributed by atoms with Crippen molar-refractivity contribution in [2.24, 2.45) is 0 Å². The highest BCUT2D eigenvalue weighted by Crippen LogP contribution is 2.25. The monoisotopic (exact) mass is 410 g/mol. The minimum absolute atomic E-state index is 0.143. The minimum atomic E-state index is -0.478. The maximum atomic E-state index is 13.2. The zero-order valence-electron chi connectivity index (χ0n) is 17.7. The number of hydrogen-bond acceptors (Lipinski definition) is 5. The molecule has 1 amide bonds. The van der Waals surface area contributed by atoms with E-state index in [0.717, 1.165) is 27.7 Å². The number of aromatic amines is 1. The molecule has 0 aliphatic heterocycles. The summed E-state index contributed by atoms with van der Waals surface area (Å²) in [6.45, 7) is 2.03. The van der Waals surface area contributed by atoms with Crippen LogP contribution in [0.4, 0.5) is 0 Å². The van der Waals surface area contributed by atoms with Gasteiger partial charge < -0.3 is 24.1 Å². The molecule has 0 fully saturated rings. The lowest BCUT2D eigenvalue weighted by molar-refractivity contribution is -0.147. The standard InChI is InChI=1S/C23H26N2O5/c1-15-20(19-7-5-6-8-21(19)24-15)12-22(26)25(14-23(27)30-4)13-16-9-17(28-2)11-18(10-16)29-3/h5-11,24H,12-14H2,1-4H3. The van der Waals surface area contributed by atoms with Crippen LogP contribution in [0.3, 0.4) is 0 Å². The quantitative estimate of drug-likeness (QED) is 0.577. The predicted molar refractivity (Wildman–Crippen MR) is 114 cm³/mol. The Kier molecular flexibility index (Phi) is 6.61. The van der Waals surface area contributed by atoms with E-state index in [4.69, 9.17) is 14.2 Å². The molecule has 0 spiro atoms. The van der Waals surface area contributed by atoms with Gasteiger partial charge in [-0.25, -0.2) is 0 Å². The van der Waals surface area contributed by atoms with E-state index < -0.39 is 5.97 Å². The van der Waals surface area contributed by atoms with E-state index in [1.807, 2.05) is 43.3 Å².